The van der Waals surface area contributed by atoms with Crippen LogP contribution < -0.4 is 0 Å². The van der Waals surface area contributed by atoms with Crippen molar-refractivity contribution >= 4 is 43.6 Å². The topological polar surface area (TPSA) is 48.5 Å². The van der Waals surface area contributed by atoms with Gasteiger partial charge in [0.1, 0.15) is 0 Å². The average molecular weight is 832 g/mol. The Morgan fingerprint density at radius 3 is 1.60 bits per heavy atom. The number of rotatable bonds is 6. The molecule has 306 valence electrons. The summed E-state index contributed by atoms with van der Waals surface area (Å²) in [4.78, 5) is 16.3. The molecule has 13 rings (SSSR count). The third kappa shape index (κ3) is 5.68. The van der Waals surface area contributed by atoms with Crippen LogP contribution >= 0.6 is 0 Å². The minimum Gasteiger partial charge on any atom is -0.307 e. The Morgan fingerprint density at radius 2 is 0.862 bits per heavy atom. The summed E-state index contributed by atoms with van der Waals surface area (Å²) in [6.45, 7) is 4.63. The first-order chi connectivity index (χ1) is 32.0. The van der Waals surface area contributed by atoms with Crippen LogP contribution in [0.4, 0.5) is 0 Å². The van der Waals surface area contributed by atoms with E-state index in [-0.39, 0.29) is 5.41 Å². The number of nitrogens with zero attached hydrogens (tertiary/aromatic N) is 5. The van der Waals surface area contributed by atoms with E-state index >= 15 is 0 Å². The van der Waals surface area contributed by atoms with Crippen LogP contribution in [0.3, 0.4) is 0 Å². The molecule has 65 heavy (non-hydrogen) atoms. The number of aromatic nitrogens is 5. The lowest BCUT2D eigenvalue weighted by Gasteiger charge is -2.21. The lowest BCUT2D eigenvalue weighted by Crippen LogP contribution is -2.14. The van der Waals surface area contributed by atoms with Crippen molar-refractivity contribution in [3.63, 3.8) is 0 Å². The van der Waals surface area contributed by atoms with E-state index in [1.807, 2.05) is 18.2 Å². The molecule has 0 radical (unpaired) electrons. The Labute approximate surface area is 376 Å². The second-order valence-corrected chi connectivity index (χ2v) is 17.6. The summed E-state index contributed by atoms with van der Waals surface area (Å²) in [6.07, 6.45) is 0. The molecule has 0 unspecified atom stereocenters. The van der Waals surface area contributed by atoms with Crippen LogP contribution in [0.15, 0.2) is 212 Å². The van der Waals surface area contributed by atoms with E-state index in [0.29, 0.717) is 17.6 Å². The normalized spacial score (nSPS) is 12.9. The van der Waals surface area contributed by atoms with Crippen molar-refractivity contribution < 1.29 is 0 Å². The van der Waals surface area contributed by atoms with Gasteiger partial charge in [-0.3, -0.25) is 4.57 Å². The summed E-state index contributed by atoms with van der Waals surface area (Å²) >= 11 is 0. The summed E-state index contributed by atoms with van der Waals surface area (Å²) < 4.78 is 4.73. The molecule has 5 heteroatoms. The molecule has 0 bridgehead atoms. The molecule has 0 spiro atoms. The van der Waals surface area contributed by atoms with Gasteiger partial charge in [-0.15, -0.1) is 0 Å². The largest absolute Gasteiger partial charge is 0.307 e. The fourth-order valence-electron chi connectivity index (χ4n) is 10.6. The molecule has 0 atom stereocenters. The van der Waals surface area contributed by atoms with Crippen LogP contribution in [0.2, 0.25) is 0 Å². The zero-order valence-corrected chi connectivity index (χ0v) is 35.9. The van der Waals surface area contributed by atoms with Gasteiger partial charge in [-0.1, -0.05) is 196 Å². The zero-order chi connectivity index (χ0) is 43.2. The number of para-hydroxylation sites is 2. The van der Waals surface area contributed by atoms with Gasteiger partial charge < -0.3 is 4.57 Å². The molecular formula is C60H41N5. The summed E-state index contributed by atoms with van der Waals surface area (Å²) in [5.41, 5.74) is 16.8. The monoisotopic (exact) mass is 831 g/mol. The smallest absolute Gasteiger partial charge is 0.238 e. The van der Waals surface area contributed by atoms with Crippen molar-refractivity contribution in [1.29, 1.82) is 0 Å². The first-order valence-corrected chi connectivity index (χ1v) is 22.3. The minimum absolute atomic E-state index is 0.173. The van der Waals surface area contributed by atoms with Crippen molar-refractivity contribution in [2.24, 2.45) is 0 Å². The van der Waals surface area contributed by atoms with Gasteiger partial charge in [0.05, 0.1) is 22.1 Å². The number of fused-ring (bicyclic) bond motifs is 10. The maximum Gasteiger partial charge on any atom is 0.238 e. The van der Waals surface area contributed by atoms with Crippen LogP contribution in [0.5, 0.6) is 0 Å². The number of benzene rings is 9. The highest BCUT2D eigenvalue weighted by Crippen LogP contribution is 2.52. The van der Waals surface area contributed by atoms with E-state index in [0.717, 1.165) is 66.2 Å². The molecule has 5 nitrogen and oxygen atoms in total. The Morgan fingerprint density at radius 1 is 0.354 bits per heavy atom. The molecule has 3 aromatic heterocycles. The molecule has 1 aliphatic rings. The molecule has 12 aromatic rings. The van der Waals surface area contributed by atoms with Crippen molar-refractivity contribution in [3.05, 3.63) is 223 Å². The van der Waals surface area contributed by atoms with Gasteiger partial charge in [-0.25, -0.2) is 4.98 Å². The summed E-state index contributed by atoms with van der Waals surface area (Å²) in [5.74, 6) is 1.83. The first-order valence-electron chi connectivity index (χ1n) is 22.3. The van der Waals surface area contributed by atoms with Gasteiger partial charge in [0, 0.05) is 43.8 Å². The van der Waals surface area contributed by atoms with Crippen LogP contribution in [0.25, 0.3) is 111 Å². The fourth-order valence-corrected chi connectivity index (χ4v) is 10.6. The van der Waals surface area contributed by atoms with E-state index < -0.39 is 0 Å². The highest BCUT2D eigenvalue weighted by atomic mass is 15.2. The summed E-state index contributed by atoms with van der Waals surface area (Å²) in [7, 11) is 0. The average Bonchev–Trinajstić information content (AvgIpc) is 3.98. The third-order valence-electron chi connectivity index (χ3n) is 13.6. The number of hydrogen-bond acceptors (Lipinski definition) is 3. The second kappa shape index (κ2) is 14.3. The predicted octanol–water partition coefficient (Wildman–Crippen LogP) is 15.0. The summed E-state index contributed by atoms with van der Waals surface area (Å²) in [5, 5.41) is 4.60. The maximum absolute atomic E-state index is 5.55. The Balaban J connectivity index is 1.10. The Hall–Kier alpha value is -8.41. The van der Waals surface area contributed by atoms with E-state index in [4.69, 9.17) is 15.0 Å². The molecule has 0 fully saturated rings. The molecule has 0 N–H and O–H groups in total. The molecular weight excluding hydrogens is 791 g/mol. The summed E-state index contributed by atoms with van der Waals surface area (Å²) in [6, 6.07) is 76.0. The van der Waals surface area contributed by atoms with Crippen molar-refractivity contribution in [3.8, 4) is 67.8 Å². The van der Waals surface area contributed by atoms with Gasteiger partial charge in [0.25, 0.3) is 0 Å². The lowest BCUT2D eigenvalue weighted by atomic mass is 9.82. The van der Waals surface area contributed by atoms with E-state index in [1.165, 1.54) is 38.8 Å². The number of hydrogen-bond donors (Lipinski definition) is 0. The highest BCUT2D eigenvalue weighted by molar-refractivity contribution is 6.23. The minimum atomic E-state index is -0.173. The van der Waals surface area contributed by atoms with Crippen molar-refractivity contribution in [2.45, 2.75) is 19.3 Å². The van der Waals surface area contributed by atoms with Crippen LogP contribution in [0.1, 0.15) is 25.0 Å². The van der Waals surface area contributed by atoms with Crippen LogP contribution in [-0.2, 0) is 5.41 Å². The van der Waals surface area contributed by atoms with Gasteiger partial charge in [0.15, 0.2) is 11.6 Å². The molecule has 3 heterocycles. The molecule has 0 saturated heterocycles. The van der Waals surface area contributed by atoms with Gasteiger partial charge in [-0.05, 0) is 74.8 Å². The fraction of sp³-hybridized carbons (Fsp3) is 0.0500. The van der Waals surface area contributed by atoms with E-state index in [9.17, 15) is 0 Å². The van der Waals surface area contributed by atoms with Crippen LogP contribution in [-0.4, -0.2) is 24.1 Å². The SMILES string of the molecule is CC1(C)c2ccccc2-c2c(-c3nc(-c4ccccc4)nc(-n4c5ccccc5c5ccc6c7ccccc7n(-c7cccc(-c8cccc(-c9ccccc9)c8)c7)c6c54)n3)cccc21. The standard InChI is InChI=1S/C60H41N5/c1-60(2)50-30-12-9-28-48(50)54-49(29-17-31-51(54)60)58-61-57(39-20-7-4-8-21-39)62-59(63-58)65-53-33-14-11-27-45(53)47-35-34-46-44-26-10-13-32-52(44)64(55(46)56(47)65)43-25-16-24-42(37-43)41-23-15-22-40(36-41)38-18-5-3-6-19-38/h3-37H,1-2H3. The quantitative estimate of drug-likeness (QED) is 0.168. The predicted molar refractivity (Wildman–Crippen MR) is 268 cm³/mol. The van der Waals surface area contributed by atoms with Crippen molar-refractivity contribution in [2.75, 3.05) is 0 Å². The van der Waals surface area contributed by atoms with Gasteiger partial charge in [-0.2, -0.15) is 9.97 Å². The first kappa shape index (κ1) is 37.2. The highest BCUT2D eigenvalue weighted by Gasteiger charge is 2.37. The van der Waals surface area contributed by atoms with Crippen LogP contribution in [0, 0.1) is 0 Å². The molecule has 0 amide bonds. The molecule has 1 aliphatic carbocycles. The molecule has 0 saturated carbocycles. The third-order valence-corrected chi connectivity index (χ3v) is 13.6. The van der Waals surface area contributed by atoms with E-state index in [1.54, 1.807) is 0 Å². The maximum atomic E-state index is 5.55. The molecule has 9 aromatic carbocycles. The Bertz CT molecular complexity index is 3860. The van der Waals surface area contributed by atoms with Gasteiger partial charge >= 0.3 is 0 Å². The lowest BCUT2D eigenvalue weighted by molar-refractivity contribution is 0.660. The zero-order valence-electron chi connectivity index (χ0n) is 35.9. The van der Waals surface area contributed by atoms with E-state index in [2.05, 4.69) is 217 Å². The van der Waals surface area contributed by atoms with Crippen molar-refractivity contribution in [1.82, 2.24) is 24.1 Å². The molecule has 0 aliphatic heterocycles. The van der Waals surface area contributed by atoms with Gasteiger partial charge in [0.2, 0.25) is 5.95 Å². The second-order valence-electron chi connectivity index (χ2n) is 17.6. The Kier molecular flexibility index (Phi) is 8.18.